The molecule has 0 fully saturated rings. The minimum Gasteiger partial charge on any atom is -0.396 e. The lowest BCUT2D eigenvalue weighted by atomic mass is 10.1. The molecular formula is C16H16ClFN2O. The molecule has 0 radical (unpaired) electrons. The highest BCUT2D eigenvalue weighted by atomic mass is 35.5. The van der Waals surface area contributed by atoms with E-state index in [1.54, 1.807) is 6.07 Å². The summed E-state index contributed by atoms with van der Waals surface area (Å²) in [5.41, 5.74) is 6.61. The number of anilines is 1. The van der Waals surface area contributed by atoms with Gasteiger partial charge >= 0.3 is 0 Å². The van der Waals surface area contributed by atoms with Crippen LogP contribution in [0.5, 0.6) is 0 Å². The van der Waals surface area contributed by atoms with Crippen molar-refractivity contribution in [2.45, 2.75) is 19.4 Å². The minimum absolute atomic E-state index is 0.0238. The molecule has 0 saturated heterocycles. The van der Waals surface area contributed by atoms with Gasteiger partial charge in [0.2, 0.25) is 0 Å². The molecule has 0 spiro atoms. The van der Waals surface area contributed by atoms with Gasteiger partial charge in [-0.3, -0.25) is 4.79 Å². The van der Waals surface area contributed by atoms with Gasteiger partial charge in [-0.15, -0.1) is 0 Å². The number of rotatable bonds is 4. The van der Waals surface area contributed by atoms with Crippen molar-refractivity contribution in [1.82, 2.24) is 5.32 Å². The third-order valence-electron chi connectivity index (χ3n) is 3.12. The van der Waals surface area contributed by atoms with Crippen molar-refractivity contribution in [2.75, 3.05) is 5.73 Å². The Kier molecular flexibility index (Phi) is 4.81. The van der Waals surface area contributed by atoms with Gasteiger partial charge in [0.25, 0.3) is 5.91 Å². The van der Waals surface area contributed by atoms with Gasteiger partial charge in [-0.25, -0.2) is 4.39 Å². The predicted molar refractivity (Wildman–Crippen MR) is 82.9 cm³/mol. The van der Waals surface area contributed by atoms with E-state index in [0.29, 0.717) is 11.4 Å². The molecule has 2 aromatic rings. The lowest BCUT2D eigenvalue weighted by Gasteiger charge is -2.15. The van der Waals surface area contributed by atoms with Crippen molar-refractivity contribution in [3.63, 3.8) is 0 Å². The molecule has 0 aliphatic carbocycles. The molecule has 2 aromatic carbocycles. The molecule has 3 N–H and O–H groups in total. The van der Waals surface area contributed by atoms with Crippen molar-refractivity contribution >= 4 is 23.2 Å². The summed E-state index contributed by atoms with van der Waals surface area (Å²) in [4.78, 5) is 12.0. The van der Waals surface area contributed by atoms with Crippen LogP contribution in [0.4, 0.5) is 10.1 Å². The normalized spacial score (nSPS) is 12.0. The number of nitrogens with two attached hydrogens (primary N) is 1. The SMILES string of the molecule is CC(Cc1ccccc1Cl)NC(=O)c1ccc(N)c(F)c1. The molecule has 0 saturated carbocycles. The van der Waals surface area contributed by atoms with Crippen LogP contribution in [0.1, 0.15) is 22.8 Å². The smallest absolute Gasteiger partial charge is 0.251 e. The van der Waals surface area contributed by atoms with Crippen molar-refractivity contribution in [1.29, 1.82) is 0 Å². The average molecular weight is 307 g/mol. The van der Waals surface area contributed by atoms with Gasteiger partial charge in [0.15, 0.2) is 0 Å². The molecular weight excluding hydrogens is 291 g/mol. The van der Waals surface area contributed by atoms with Crippen LogP contribution in [0.25, 0.3) is 0 Å². The van der Waals surface area contributed by atoms with E-state index < -0.39 is 5.82 Å². The van der Waals surface area contributed by atoms with Gasteiger partial charge in [-0.1, -0.05) is 29.8 Å². The Morgan fingerprint density at radius 2 is 2.05 bits per heavy atom. The van der Waals surface area contributed by atoms with Gasteiger partial charge in [-0.05, 0) is 43.2 Å². The lowest BCUT2D eigenvalue weighted by Crippen LogP contribution is -2.34. The van der Waals surface area contributed by atoms with Crippen LogP contribution in [-0.4, -0.2) is 11.9 Å². The zero-order valence-corrected chi connectivity index (χ0v) is 12.3. The van der Waals surface area contributed by atoms with E-state index in [-0.39, 0.29) is 23.2 Å². The van der Waals surface area contributed by atoms with Crippen LogP contribution in [0.15, 0.2) is 42.5 Å². The van der Waals surface area contributed by atoms with Crippen LogP contribution in [0, 0.1) is 5.82 Å². The van der Waals surface area contributed by atoms with E-state index in [4.69, 9.17) is 17.3 Å². The Balaban J connectivity index is 2.02. The Hall–Kier alpha value is -2.07. The average Bonchev–Trinajstić information content (AvgIpc) is 2.44. The number of benzene rings is 2. The molecule has 1 amide bonds. The molecule has 0 heterocycles. The summed E-state index contributed by atoms with van der Waals surface area (Å²) >= 11 is 6.08. The second-order valence-electron chi connectivity index (χ2n) is 4.91. The Morgan fingerprint density at radius 1 is 1.33 bits per heavy atom. The molecule has 0 aliphatic heterocycles. The van der Waals surface area contributed by atoms with E-state index in [9.17, 15) is 9.18 Å². The standard InChI is InChI=1S/C16H16ClFN2O/c1-10(8-11-4-2-3-5-13(11)17)20-16(21)12-6-7-15(19)14(18)9-12/h2-7,9-10H,8,19H2,1H3,(H,20,21). The Bertz CT molecular complexity index is 660. The number of carbonyl (C=O) groups is 1. The first-order valence-electron chi connectivity index (χ1n) is 6.56. The number of nitrogen functional groups attached to an aromatic ring is 1. The van der Waals surface area contributed by atoms with E-state index in [1.807, 2.05) is 25.1 Å². The molecule has 21 heavy (non-hydrogen) atoms. The number of carbonyl (C=O) groups excluding carboxylic acids is 1. The molecule has 1 atom stereocenters. The first-order valence-corrected chi connectivity index (χ1v) is 6.94. The van der Waals surface area contributed by atoms with Crippen molar-refractivity contribution in [3.8, 4) is 0 Å². The molecule has 3 nitrogen and oxygen atoms in total. The quantitative estimate of drug-likeness (QED) is 0.850. The fourth-order valence-electron chi connectivity index (χ4n) is 2.02. The van der Waals surface area contributed by atoms with E-state index >= 15 is 0 Å². The number of hydrogen-bond acceptors (Lipinski definition) is 2. The summed E-state index contributed by atoms with van der Waals surface area (Å²) in [5, 5.41) is 3.48. The topological polar surface area (TPSA) is 55.1 Å². The molecule has 5 heteroatoms. The number of nitrogens with one attached hydrogen (secondary N) is 1. The zero-order chi connectivity index (χ0) is 15.4. The fraction of sp³-hybridized carbons (Fsp3) is 0.188. The van der Waals surface area contributed by atoms with Crippen molar-refractivity contribution < 1.29 is 9.18 Å². The Labute approximate surface area is 127 Å². The first kappa shape index (κ1) is 15.3. The summed E-state index contributed by atoms with van der Waals surface area (Å²) in [5.74, 6) is -0.935. The van der Waals surface area contributed by atoms with E-state index in [2.05, 4.69) is 5.32 Å². The highest BCUT2D eigenvalue weighted by molar-refractivity contribution is 6.31. The minimum atomic E-state index is -0.596. The summed E-state index contributed by atoms with van der Waals surface area (Å²) < 4.78 is 13.4. The summed E-state index contributed by atoms with van der Waals surface area (Å²) in [7, 11) is 0. The van der Waals surface area contributed by atoms with Gasteiger partial charge in [0, 0.05) is 16.6 Å². The summed E-state index contributed by atoms with van der Waals surface area (Å²) in [6.07, 6.45) is 0.600. The third kappa shape index (κ3) is 3.95. The number of hydrogen-bond donors (Lipinski definition) is 2. The highest BCUT2D eigenvalue weighted by Crippen LogP contribution is 2.17. The fourth-order valence-corrected chi connectivity index (χ4v) is 2.23. The predicted octanol–water partition coefficient (Wildman–Crippen LogP) is 3.42. The van der Waals surface area contributed by atoms with Gasteiger partial charge in [0.1, 0.15) is 5.82 Å². The zero-order valence-electron chi connectivity index (χ0n) is 11.6. The highest BCUT2D eigenvalue weighted by Gasteiger charge is 2.13. The van der Waals surface area contributed by atoms with E-state index in [0.717, 1.165) is 11.6 Å². The number of halogens is 2. The van der Waals surface area contributed by atoms with Gasteiger partial charge in [-0.2, -0.15) is 0 Å². The largest absolute Gasteiger partial charge is 0.396 e. The molecule has 1 unspecified atom stereocenters. The molecule has 2 rings (SSSR count). The summed E-state index contributed by atoms with van der Waals surface area (Å²) in [6, 6.07) is 11.3. The van der Waals surface area contributed by atoms with Crippen LogP contribution in [0.3, 0.4) is 0 Å². The maximum atomic E-state index is 13.4. The second-order valence-corrected chi connectivity index (χ2v) is 5.31. The third-order valence-corrected chi connectivity index (χ3v) is 3.49. The number of amides is 1. The lowest BCUT2D eigenvalue weighted by molar-refractivity contribution is 0.0939. The van der Waals surface area contributed by atoms with Gasteiger partial charge < -0.3 is 11.1 Å². The molecule has 0 bridgehead atoms. The monoisotopic (exact) mass is 306 g/mol. The van der Waals surface area contributed by atoms with Crippen molar-refractivity contribution in [2.24, 2.45) is 0 Å². The van der Waals surface area contributed by atoms with Crippen LogP contribution in [0.2, 0.25) is 5.02 Å². The van der Waals surface area contributed by atoms with Crippen LogP contribution in [-0.2, 0) is 6.42 Å². The van der Waals surface area contributed by atoms with Crippen molar-refractivity contribution in [3.05, 3.63) is 64.4 Å². The van der Waals surface area contributed by atoms with E-state index in [1.165, 1.54) is 12.1 Å². The maximum Gasteiger partial charge on any atom is 0.251 e. The summed E-state index contributed by atoms with van der Waals surface area (Å²) in [6.45, 7) is 1.87. The maximum absolute atomic E-state index is 13.4. The second kappa shape index (κ2) is 6.59. The van der Waals surface area contributed by atoms with Crippen LogP contribution < -0.4 is 11.1 Å². The Morgan fingerprint density at radius 3 is 2.71 bits per heavy atom. The van der Waals surface area contributed by atoms with Gasteiger partial charge in [0.05, 0.1) is 5.69 Å². The molecule has 110 valence electrons. The first-order chi connectivity index (χ1) is 9.97. The molecule has 0 aromatic heterocycles. The molecule has 0 aliphatic rings. The van der Waals surface area contributed by atoms with Crippen LogP contribution >= 0.6 is 11.6 Å².